The molecule has 1 aromatic carbocycles. The second-order valence-corrected chi connectivity index (χ2v) is 7.28. The molecular weight excluding hydrogens is 372 g/mol. The zero-order chi connectivity index (χ0) is 20.8. The Balaban J connectivity index is 1.61. The van der Waals surface area contributed by atoms with Crippen LogP contribution in [0.25, 0.3) is 0 Å². The average Bonchev–Trinajstić information content (AvgIpc) is 3.08. The van der Waals surface area contributed by atoms with E-state index in [1.807, 2.05) is 36.1 Å². The van der Waals surface area contributed by atoms with E-state index in [0.717, 1.165) is 30.0 Å². The molecule has 1 saturated heterocycles. The van der Waals surface area contributed by atoms with Crippen molar-refractivity contribution in [2.75, 3.05) is 33.9 Å². The fraction of sp³-hybridized carbons (Fsp3) is 0.571. The molecule has 8 heteroatoms. The molecule has 2 aromatic rings. The Bertz CT molecular complexity index is 864. The van der Waals surface area contributed by atoms with Crippen LogP contribution in [0.2, 0.25) is 0 Å². The molecule has 1 amide bonds. The van der Waals surface area contributed by atoms with Crippen LogP contribution in [0, 0.1) is 0 Å². The third-order valence-electron chi connectivity index (χ3n) is 5.50. The number of hydrogen-bond donors (Lipinski definition) is 0. The Morgan fingerprint density at radius 2 is 1.86 bits per heavy atom. The van der Waals surface area contributed by atoms with Gasteiger partial charge in [-0.05, 0) is 37.5 Å². The van der Waals surface area contributed by atoms with Gasteiger partial charge in [-0.3, -0.25) is 9.36 Å². The SMILES string of the molecule is CCn1c(C2CCN(C(=O)Cc3ccc(OC)cc3)CC2)nn(CCOC)c1=O. The van der Waals surface area contributed by atoms with E-state index in [1.54, 1.807) is 18.8 Å². The van der Waals surface area contributed by atoms with E-state index in [2.05, 4.69) is 5.10 Å². The summed E-state index contributed by atoms with van der Waals surface area (Å²) in [5.74, 6) is 1.94. The number of piperidine rings is 1. The van der Waals surface area contributed by atoms with Gasteiger partial charge in [-0.1, -0.05) is 12.1 Å². The van der Waals surface area contributed by atoms with E-state index in [9.17, 15) is 9.59 Å². The molecule has 1 aliphatic heterocycles. The number of likely N-dealkylation sites (tertiary alicyclic amines) is 1. The molecule has 29 heavy (non-hydrogen) atoms. The summed E-state index contributed by atoms with van der Waals surface area (Å²) in [4.78, 5) is 27.1. The van der Waals surface area contributed by atoms with Gasteiger partial charge in [0.25, 0.3) is 0 Å². The number of rotatable bonds is 8. The Hall–Kier alpha value is -2.61. The van der Waals surface area contributed by atoms with Crippen LogP contribution < -0.4 is 10.4 Å². The quantitative estimate of drug-likeness (QED) is 0.671. The first-order valence-electron chi connectivity index (χ1n) is 10.1. The molecule has 0 radical (unpaired) electrons. The smallest absolute Gasteiger partial charge is 0.345 e. The van der Waals surface area contributed by atoms with Gasteiger partial charge in [0.05, 0.1) is 26.7 Å². The number of carbonyl (C=O) groups excluding carboxylic acids is 1. The van der Waals surface area contributed by atoms with Crippen molar-refractivity contribution in [2.45, 2.75) is 45.2 Å². The van der Waals surface area contributed by atoms with Gasteiger partial charge in [-0.2, -0.15) is 5.10 Å². The highest BCUT2D eigenvalue weighted by Crippen LogP contribution is 2.26. The number of carbonyl (C=O) groups is 1. The first kappa shape index (κ1) is 21.1. The van der Waals surface area contributed by atoms with E-state index in [0.29, 0.717) is 39.2 Å². The van der Waals surface area contributed by atoms with E-state index < -0.39 is 0 Å². The molecule has 0 saturated carbocycles. The van der Waals surface area contributed by atoms with Crippen molar-refractivity contribution in [2.24, 2.45) is 0 Å². The number of benzene rings is 1. The predicted molar refractivity (Wildman–Crippen MR) is 109 cm³/mol. The van der Waals surface area contributed by atoms with E-state index in [1.165, 1.54) is 4.68 Å². The topological polar surface area (TPSA) is 78.6 Å². The van der Waals surface area contributed by atoms with Crippen LogP contribution in [0.1, 0.15) is 37.1 Å². The summed E-state index contributed by atoms with van der Waals surface area (Å²) in [7, 11) is 3.24. The van der Waals surface area contributed by atoms with Crippen LogP contribution in [0.15, 0.2) is 29.1 Å². The van der Waals surface area contributed by atoms with Crippen LogP contribution in [0.4, 0.5) is 0 Å². The molecule has 1 fully saturated rings. The molecule has 1 aliphatic rings. The Kier molecular flexibility index (Phi) is 7.09. The van der Waals surface area contributed by atoms with Crippen molar-refractivity contribution in [3.05, 3.63) is 46.1 Å². The minimum Gasteiger partial charge on any atom is -0.497 e. The van der Waals surface area contributed by atoms with Gasteiger partial charge in [-0.15, -0.1) is 0 Å². The summed E-state index contributed by atoms with van der Waals surface area (Å²) in [5, 5.41) is 4.57. The van der Waals surface area contributed by atoms with Gasteiger partial charge in [0.15, 0.2) is 0 Å². The van der Waals surface area contributed by atoms with E-state index in [-0.39, 0.29) is 17.5 Å². The maximum absolute atomic E-state index is 12.7. The molecule has 0 spiro atoms. The second kappa shape index (κ2) is 9.73. The highest BCUT2D eigenvalue weighted by molar-refractivity contribution is 5.78. The third kappa shape index (κ3) is 4.87. The number of ether oxygens (including phenoxy) is 2. The molecule has 1 aromatic heterocycles. The summed E-state index contributed by atoms with van der Waals surface area (Å²) < 4.78 is 13.5. The summed E-state index contributed by atoms with van der Waals surface area (Å²) in [5.41, 5.74) is 0.896. The van der Waals surface area contributed by atoms with Gasteiger partial charge >= 0.3 is 5.69 Å². The largest absolute Gasteiger partial charge is 0.497 e. The lowest BCUT2D eigenvalue weighted by Gasteiger charge is -2.31. The minimum atomic E-state index is -0.0856. The summed E-state index contributed by atoms with van der Waals surface area (Å²) in [6.45, 7) is 4.83. The Labute approximate surface area is 171 Å². The zero-order valence-electron chi connectivity index (χ0n) is 17.5. The molecule has 2 heterocycles. The summed E-state index contributed by atoms with van der Waals surface area (Å²) in [6.07, 6.45) is 2.02. The Morgan fingerprint density at radius 1 is 1.17 bits per heavy atom. The van der Waals surface area contributed by atoms with Crippen molar-refractivity contribution >= 4 is 5.91 Å². The fourth-order valence-electron chi connectivity index (χ4n) is 3.80. The molecule has 0 atom stereocenters. The number of methoxy groups -OCH3 is 2. The summed E-state index contributed by atoms with van der Waals surface area (Å²) in [6, 6.07) is 7.60. The Morgan fingerprint density at radius 3 is 2.45 bits per heavy atom. The highest BCUT2D eigenvalue weighted by Gasteiger charge is 2.28. The van der Waals surface area contributed by atoms with E-state index >= 15 is 0 Å². The minimum absolute atomic E-state index is 0.0856. The normalized spacial score (nSPS) is 14.9. The maximum atomic E-state index is 12.7. The average molecular weight is 402 g/mol. The van der Waals surface area contributed by atoms with Crippen LogP contribution >= 0.6 is 0 Å². The lowest BCUT2D eigenvalue weighted by Crippen LogP contribution is -2.39. The lowest BCUT2D eigenvalue weighted by atomic mass is 9.95. The van der Waals surface area contributed by atoms with Crippen LogP contribution in [-0.2, 0) is 29.0 Å². The number of amides is 1. The highest BCUT2D eigenvalue weighted by atomic mass is 16.5. The molecule has 3 rings (SSSR count). The molecule has 0 aliphatic carbocycles. The van der Waals surface area contributed by atoms with Crippen LogP contribution in [-0.4, -0.2) is 59.1 Å². The van der Waals surface area contributed by atoms with Crippen molar-refractivity contribution in [3.63, 3.8) is 0 Å². The third-order valence-corrected chi connectivity index (χ3v) is 5.50. The van der Waals surface area contributed by atoms with Crippen LogP contribution in [0.5, 0.6) is 5.75 Å². The van der Waals surface area contributed by atoms with Gasteiger partial charge in [0.1, 0.15) is 11.6 Å². The van der Waals surface area contributed by atoms with Gasteiger partial charge in [0.2, 0.25) is 5.91 Å². The molecule has 0 unspecified atom stereocenters. The fourth-order valence-corrected chi connectivity index (χ4v) is 3.80. The zero-order valence-corrected chi connectivity index (χ0v) is 17.5. The van der Waals surface area contributed by atoms with E-state index in [4.69, 9.17) is 9.47 Å². The molecule has 8 nitrogen and oxygen atoms in total. The second-order valence-electron chi connectivity index (χ2n) is 7.28. The number of hydrogen-bond acceptors (Lipinski definition) is 5. The molecule has 0 N–H and O–H groups in total. The van der Waals surface area contributed by atoms with Gasteiger partial charge < -0.3 is 14.4 Å². The monoisotopic (exact) mass is 402 g/mol. The lowest BCUT2D eigenvalue weighted by molar-refractivity contribution is -0.131. The maximum Gasteiger partial charge on any atom is 0.345 e. The first-order valence-corrected chi connectivity index (χ1v) is 10.1. The first-order chi connectivity index (χ1) is 14.1. The van der Waals surface area contributed by atoms with Crippen molar-refractivity contribution in [1.29, 1.82) is 0 Å². The van der Waals surface area contributed by atoms with Crippen molar-refractivity contribution in [1.82, 2.24) is 19.2 Å². The van der Waals surface area contributed by atoms with Crippen molar-refractivity contribution < 1.29 is 14.3 Å². The standard InChI is InChI=1S/C21H30N4O4/c1-4-24-20(22-25(21(24)27)13-14-28-2)17-9-11-23(12-10-17)19(26)15-16-5-7-18(29-3)8-6-16/h5-8,17H,4,9-15H2,1-3H3. The van der Waals surface area contributed by atoms with Crippen LogP contribution in [0.3, 0.4) is 0 Å². The van der Waals surface area contributed by atoms with Crippen molar-refractivity contribution in [3.8, 4) is 5.75 Å². The molecule has 158 valence electrons. The molecular formula is C21H30N4O4. The predicted octanol–water partition coefficient (Wildman–Crippen LogP) is 1.67. The number of aromatic nitrogens is 3. The molecule has 0 bridgehead atoms. The van der Waals surface area contributed by atoms with Gasteiger partial charge in [0, 0.05) is 32.7 Å². The summed E-state index contributed by atoms with van der Waals surface area (Å²) >= 11 is 0. The number of nitrogens with zero attached hydrogens (tertiary/aromatic N) is 4. The van der Waals surface area contributed by atoms with Gasteiger partial charge in [-0.25, -0.2) is 9.48 Å².